The third-order valence-electron chi connectivity index (χ3n) is 5.02. The molecule has 2 aromatic rings. The molecule has 2 aliphatic rings. The summed E-state index contributed by atoms with van der Waals surface area (Å²) in [4.78, 5) is 0. The van der Waals surface area contributed by atoms with E-state index in [4.69, 9.17) is 22.1 Å². The minimum absolute atomic E-state index is 0.319. The Hall–Kier alpha value is -1.59. The van der Waals surface area contributed by atoms with Crippen molar-refractivity contribution in [2.75, 3.05) is 0 Å². The first-order valence-electron chi connectivity index (χ1n) is 8.61. The summed E-state index contributed by atoms with van der Waals surface area (Å²) in [5.41, 5.74) is 7.99. The second kappa shape index (κ2) is 6.05. The van der Waals surface area contributed by atoms with Crippen LogP contribution in [-0.2, 0) is 6.61 Å². The molecule has 2 fully saturated rings. The zero-order chi connectivity index (χ0) is 16.8. The van der Waals surface area contributed by atoms with Crippen molar-refractivity contribution in [3.05, 3.63) is 39.9 Å². The van der Waals surface area contributed by atoms with Crippen LogP contribution < -0.4 is 10.5 Å². The lowest BCUT2D eigenvalue weighted by Crippen LogP contribution is -2.36. The fraction of sp³-hybridized carbons (Fsp3) is 0.556. The molecule has 2 saturated carbocycles. The minimum atomic E-state index is 0.319. The molecule has 2 aliphatic carbocycles. The predicted molar refractivity (Wildman–Crippen MR) is 93.5 cm³/mol. The van der Waals surface area contributed by atoms with Gasteiger partial charge in [-0.3, -0.25) is 0 Å². The van der Waals surface area contributed by atoms with Gasteiger partial charge in [0, 0.05) is 23.0 Å². The van der Waals surface area contributed by atoms with Crippen molar-refractivity contribution in [1.82, 2.24) is 14.8 Å². The van der Waals surface area contributed by atoms with E-state index in [1.165, 1.54) is 12.8 Å². The maximum Gasteiger partial charge on any atom is 0.171 e. The van der Waals surface area contributed by atoms with Crippen LogP contribution in [0.2, 0.25) is 5.02 Å². The van der Waals surface area contributed by atoms with Crippen LogP contribution in [-0.4, -0.2) is 20.8 Å². The third kappa shape index (κ3) is 2.91. The quantitative estimate of drug-likeness (QED) is 0.897. The van der Waals surface area contributed by atoms with E-state index in [1.54, 1.807) is 0 Å². The summed E-state index contributed by atoms with van der Waals surface area (Å²) in [5, 5.41) is 9.65. The predicted octanol–water partition coefficient (Wildman–Crippen LogP) is 3.67. The third-order valence-corrected chi connectivity index (χ3v) is 5.62. The first kappa shape index (κ1) is 15.9. The van der Waals surface area contributed by atoms with Gasteiger partial charge in [0.15, 0.2) is 5.82 Å². The number of nitrogens with zero attached hydrogens (tertiary/aromatic N) is 3. The van der Waals surface area contributed by atoms with Gasteiger partial charge in [-0.1, -0.05) is 11.6 Å². The number of ether oxygens (including phenoxy) is 1. The summed E-state index contributed by atoms with van der Waals surface area (Å²) in [6.07, 6.45) is 4.44. The summed E-state index contributed by atoms with van der Waals surface area (Å²) in [6, 6.07) is 4.80. The van der Waals surface area contributed by atoms with E-state index in [1.807, 2.05) is 26.0 Å². The van der Waals surface area contributed by atoms with Crippen LogP contribution >= 0.6 is 11.6 Å². The Kier molecular flexibility index (Phi) is 4.01. The van der Waals surface area contributed by atoms with Gasteiger partial charge in [-0.2, -0.15) is 0 Å². The molecule has 1 aromatic carbocycles. The smallest absolute Gasteiger partial charge is 0.171 e. The van der Waals surface area contributed by atoms with Crippen molar-refractivity contribution in [3.63, 3.8) is 0 Å². The first-order valence-corrected chi connectivity index (χ1v) is 8.99. The number of rotatable bonds is 5. The van der Waals surface area contributed by atoms with Crippen molar-refractivity contribution in [1.29, 1.82) is 0 Å². The van der Waals surface area contributed by atoms with Crippen LogP contribution in [0.25, 0.3) is 0 Å². The summed E-state index contributed by atoms with van der Waals surface area (Å²) in [6.45, 7) is 4.42. The van der Waals surface area contributed by atoms with Crippen LogP contribution in [0.5, 0.6) is 5.75 Å². The highest BCUT2D eigenvalue weighted by Crippen LogP contribution is 2.42. The Morgan fingerprint density at radius 2 is 1.88 bits per heavy atom. The Bertz CT molecular complexity index is 739. The van der Waals surface area contributed by atoms with E-state index >= 15 is 0 Å². The van der Waals surface area contributed by atoms with E-state index in [0.717, 1.165) is 46.4 Å². The van der Waals surface area contributed by atoms with Crippen LogP contribution in [0.3, 0.4) is 0 Å². The zero-order valence-corrected chi connectivity index (χ0v) is 14.9. The lowest BCUT2D eigenvalue weighted by atomic mass is 9.80. The molecule has 0 atom stereocenters. The van der Waals surface area contributed by atoms with Crippen LogP contribution in [0, 0.1) is 13.8 Å². The van der Waals surface area contributed by atoms with Gasteiger partial charge >= 0.3 is 0 Å². The fourth-order valence-corrected chi connectivity index (χ4v) is 3.56. The second-order valence-electron chi connectivity index (χ2n) is 7.16. The van der Waals surface area contributed by atoms with Gasteiger partial charge in [0.2, 0.25) is 0 Å². The lowest BCUT2D eigenvalue weighted by molar-refractivity contribution is 0.284. The highest BCUT2D eigenvalue weighted by Gasteiger charge is 2.36. The number of aryl methyl sites for hydroxylation is 2. The van der Waals surface area contributed by atoms with Crippen LogP contribution in [0.1, 0.15) is 60.4 Å². The number of nitrogens with two attached hydrogens (primary N) is 1. The van der Waals surface area contributed by atoms with Gasteiger partial charge in [0.05, 0.1) is 0 Å². The van der Waals surface area contributed by atoms with Gasteiger partial charge in [-0.15, -0.1) is 10.2 Å². The van der Waals surface area contributed by atoms with Crippen LogP contribution in [0.4, 0.5) is 0 Å². The molecule has 128 valence electrons. The molecule has 4 rings (SSSR count). The van der Waals surface area contributed by atoms with Crippen molar-refractivity contribution >= 4 is 11.6 Å². The molecule has 5 nitrogen and oxygen atoms in total. The fourth-order valence-electron chi connectivity index (χ4n) is 3.45. The molecule has 0 amide bonds. The van der Waals surface area contributed by atoms with Gasteiger partial charge < -0.3 is 15.0 Å². The number of hydrogen-bond acceptors (Lipinski definition) is 4. The van der Waals surface area contributed by atoms with Gasteiger partial charge in [-0.05, 0) is 62.8 Å². The average molecular weight is 347 g/mol. The summed E-state index contributed by atoms with van der Waals surface area (Å²) in [5.74, 6) is 3.30. The number of benzene rings is 1. The van der Waals surface area contributed by atoms with Crippen molar-refractivity contribution in [2.45, 2.75) is 64.1 Å². The zero-order valence-electron chi connectivity index (χ0n) is 14.1. The highest BCUT2D eigenvalue weighted by molar-refractivity contribution is 6.32. The van der Waals surface area contributed by atoms with E-state index in [-0.39, 0.29) is 0 Å². The van der Waals surface area contributed by atoms with E-state index in [9.17, 15) is 0 Å². The number of hydrogen-bond donors (Lipinski definition) is 1. The normalized spacial score (nSPS) is 23.2. The molecule has 0 aliphatic heterocycles. The molecule has 0 unspecified atom stereocenters. The molecule has 0 saturated heterocycles. The molecule has 1 aromatic heterocycles. The molecular weight excluding hydrogens is 324 g/mol. The average Bonchev–Trinajstić information content (AvgIpc) is 3.27. The molecule has 0 radical (unpaired) electrons. The Labute approximate surface area is 147 Å². The lowest BCUT2D eigenvalue weighted by Gasteiger charge is -2.31. The Balaban J connectivity index is 1.53. The molecule has 0 spiro atoms. The Morgan fingerprint density at radius 1 is 1.21 bits per heavy atom. The topological polar surface area (TPSA) is 66.0 Å². The molecule has 24 heavy (non-hydrogen) atoms. The van der Waals surface area contributed by atoms with Gasteiger partial charge in [0.1, 0.15) is 18.2 Å². The molecule has 6 heteroatoms. The standard InChI is InChI=1S/C18H23ClN4O/c1-10-5-15(6-11(2)17(10)19)24-9-16-21-22-18(12-7-13(20)8-12)23(16)14-3-4-14/h5-6,12-14H,3-4,7-9,20H2,1-2H3. The number of halogens is 1. The summed E-state index contributed by atoms with van der Waals surface area (Å²) in [7, 11) is 0. The first-order chi connectivity index (χ1) is 11.5. The molecular formula is C18H23ClN4O. The second-order valence-corrected chi connectivity index (χ2v) is 7.54. The van der Waals surface area contributed by atoms with Crippen LogP contribution in [0.15, 0.2) is 12.1 Å². The maximum atomic E-state index is 6.22. The largest absolute Gasteiger partial charge is 0.486 e. The van der Waals surface area contributed by atoms with Gasteiger partial charge in [0.25, 0.3) is 0 Å². The highest BCUT2D eigenvalue weighted by atomic mass is 35.5. The Morgan fingerprint density at radius 3 is 2.46 bits per heavy atom. The van der Waals surface area contributed by atoms with Crippen molar-refractivity contribution in [3.8, 4) is 5.75 Å². The number of aromatic nitrogens is 3. The van der Waals surface area contributed by atoms with Crippen molar-refractivity contribution < 1.29 is 4.74 Å². The molecule has 2 N–H and O–H groups in total. The summed E-state index contributed by atoms with van der Waals surface area (Å²) >= 11 is 6.22. The maximum absolute atomic E-state index is 6.22. The molecule has 1 heterocycles. The SMILES string of the molecule is Cc1cc(OCc2nnc(C3CC(N)C3)n2C2CC2)cc(C)c1Cl. The summed E-state index contributed by atoms with van der Waals surface area (Å²) < 4.78 is 8.28. The van der Waals surface area contributed by atoms with E-state index in [2.05, 4.69) is 14.8 Å². The molecule has 0 bridgehead atoms. The van der Waals surface area contributed by atoms with E-state index < -0.39 is 0 Å². The van der Waals surface area contributed by atoms with Crippen molar-refractivity contribution in [2.24, 2.45) is 5.73 Å². The van der Waals surface area contributed by atoms with E-state index in [0.29, 0.717) is 24.6 Å². The van der Waals surface area contributed by atoms with Gasteiger partial charge in [-0.25, -0.2) is 0 Å². The minimum Gasteiger partial charge on any atom is -0.486 e. The monoisotopic (exact) mass is 346 g/mol.